The van der Waals surface area contributed by atoms with E-state index in [9.17, 15) is 9.59 Å². The third-order valence-corrected chi connectivity index (χ3v) is 7.51. The molecule has 2 aromatic heterocycles. The van der Waals surface area contributed by atoms with Crippen molar-refractivity contribution in [3.8, 4) is 5.75 Å². The summed E-state index contributed by atoms with van der Waals surface area (Å²) >= 11 is 16.6. The van der Waals surface area contributed by atoms with Gasteiger partial charge in [-0.3, -0.25) is 14.0 Å². The van der Waals surface area contributed by atoms with Crippen LogP contribution in [0, 0.1) is 6.92 Å². The number of carbonyl (C=O) groups excluding carboxylic acids is 2. The minimum atomic E-state index is -0.301. The average molecular weight is 569 g/mol. The molecule has 11 heteroatoms. The van der Waals surface area contributed by atoms with Gasteiger partial charge in [-0.25, -0.2) is 4.98 Å². The summed E-state index contributed by atoms with van der Waals surface area (Å²) in [5.74, 6) is 0.0944. The van der Waals surface area contributed by atoms with E-state index in [1.54, 1.807) is 19.2 Å². The highest BCUT2D eigenvalue weighted by Crippen LogP contribution is 2.35. The Morgan fingerprint density at radius 3 is 2.88 bits per heavy atom. The zero-order valence-electron chi connectivity index (χ0n) is 18.7. The first kappa shape index (κ1) is 24.8. The monoisotopic (exact) mass is 567 g/mol. The van der Waals surface area contributed by atoms with Gasteiger partial charge in [-0.05, 0) is 66.5 Å². The molecule has 1 atom stereocenters. The summed E-state index contributed by atoms with van der Waals surface area (Å²) in [6.07, 6.45) is 3.60. The molecular weight excluding hydrogens is 545 g/mol. The summed E-state index contributed by atoms with van der Waals surface area (Å²) in [4.78, 5) is 30.9. The van der Waals surface area contributed by atoms with E-state index < -0.39 is 0 Å². The zero-order chi connectivity index (χ0) is 24.4. The Morgan fingerprint density at radius 1 is 1.35 bits per heavy atom. The molecule has 0 saturated carbocycles. The van der Waals surface area contributed by atoms with E-state index in [4.69, 9.17) is 27.9 Å². The van der Waals surface area contributed by atoms with Crippen LogP contribution in [0.2, 0.25) is 10.0 Å². The minimum absolute atomic E-state index is 0.0841. The van der Waals surface area contributed by atoms with Crippen LogP contribution in [-0.4, -0.2) is 47.4 Å². The van der Waals surface area contributed by atoms with Crippen molar-refractivity contribution >= 4 is 62.3 Å². The highest BCUT2D eigenvalue weighted by Gasteiger charge is 2.24. The number of hydrogen-bond donors (Lipinski definition) is 2. The maximum atomic E-state index is 12.7. The van der Waals surface area contributed by atoms with Gasteiger partial charge in [-0.1, -0.05) is 23.2 Å². The molecule has 1 aromatic carbocycles. The molecule has 2 N–H and O–H groups in total. The number of hydrogen-bond acceptors (Lipinski definition) is 5. The van der Waals surface area contributed by atoms with Crippen LogP contribution in [0.4, 0.5) is 5.69 Å². The fraction of sp³-hybridized carbons (Fsp3) is 0.348. The Morgan fingerprint density at radius 2 is 2.15 bits per heavy atom. The largest absolute Gasteiger partial charge is 0.485 e. The van der Waals surface area contributed by atoms with Gasteiger partial charge in [0.25, 0.3) is 0 Å². The van der Waals surface area contributed by atoms with Gasteiger partial charge < -0.3 is 20.3 Å². The summed E-state index contributed by atoms with van der Waals surface area (Å²) in [5, 5.41) is 6.53. The Hall–Kier alpha value is -2.33. The normalized spacial score (nSPS) is 15.5. The molecule has 4 rings (SSSR count). The number of carbonyl (C=O) groups is 2. The molecule has 3 heterocycles. The predicted octanol–water partition coefficient (Wildman–Crippen LogP) is 4.12. The van der Waals surface area contributed by atoms with Crippen molar-refractivity contribution in [2.45, 2.75) is 32.4 Å². The quantitative estimate of drug-likeness (QED) is 0.447. The van der Waals surface area contributed by atoms with Crippen molar-refractivity contribution < 1.29 is 14.3 Å². The number of pyridine rings is 1. The zero-order valence-corrected chi connectivity index (χ0v) is 21.8. The molecule has 1 fully saturated rings. The van der Waals surface area contributed by atoms with Gasteiger partial charge in [0.2, 0.25) is 11.8 Å². The van der Waals surface area contributed by atoms with Crippen molar-refractivity contribution in [3.63, 3.8) is 0 Å². The maximum Gasteiger partial charge on any atom is 0.246 e. The first-order valence-corrected chi connectivity index (χ1v) is 12.3. The first-order valence-electron chi connectivity index (χ1n) is 10.8. The number of amides is 2. The van der Waals surface area contributed by atoms with Crippen LogP contribution in [0.15, 0.2) is 35.1 Å². The van der Waals surface area contributed by atoms with Gasteiger partial charge >= 0.3 is 0 Å². The van der Waals surface area contributed by atoms with E-state index >= 15 is 0 Å². The lowest BCUT2D eigenvalue weighted by molar-refractivity contribution is -0.126. The van der Waals surface area contributed by atoms with Crippen LogP contribution in [0.1, 0.15) is 24.1 Å². The Labute approximate surface area is 215 Å². The van der Waals surface area contributed by atoms with Crippen LogP contribution >= 0.6 is 39.1 Å². The number of likely N-dealkylation sites (N-methyl/N-ethyl adjacent to an activating group) is 1. The van der Waals surface area contributed by atoms with Gasteiger partial charge in [-0.15, -0.1) is 0 Å². The van der Waals surface area contributed by atoms with Crippen LogP contribution in [0.25, 0.3) is 5.65 Å². The van der Waals surface area contributed by atoms with Gasteiger partial charge in [0, 0.05) is 23.8 Å². The van der Waals surface area contributed by atoms with E-state index in [1.165, 1.54) is 4.90 Å². The highest BCUT2D eigenvalue weighted by molar-refractivity contribution is 9.10. The molecule has 2 amide bonds. The number of nitrogens with one attached hydrogen (secondary N) is 2. The highest BCUT2D eigenvalue weighted by atomic mass is 79.9. The predicted molar refractivity (Wildman–Crippen MR) is 136 cm³/mol. The summed E-state index contributed by atoms with van der Waals surface area (Å²) in [5.41, 5.74) is 2.52. The first-order chi connectivity index (χ1) is 16.3. The number of aryl methyl sites for hydroxylation is 1. The third kappa shape index (κ3) is 5.02. The topological polar surface area (TPSA) is 88.0 Å². The van der Waals surface area contributed by atoms with Gasteiger partial charge in [-0.2, -0.15) is 0 Å². The number of aromatic nitrogens is 2. The molecule has 180 valence electrons. The molecule has 1 saturated heterocycles. The van der Waals surface area contributed by atoms with Crippen molar-refractivity contribution in [2.24, 2.45) is 0 Å². The summed E-state index contributed by atoms with van der Waals surface area (Å²) in [6, 6.07) is 6.77. The lowest BCUT2D eigenvalue weighted by atomic mass is 10.2. The number of nitrogens with zero attached hydrogens (tertiary/aromatic N) is 3. The van der Waals surface area contributed by atoms with Crippen LogP contribution in [0.3, 0.4) is 0 Å². The van der Waals surface area contributed by atoms with Crippen LogP contribution in [-0.2, 0) is 16.2 Å². The summed E-state index contributed by atoms with van der Waals surface area (Å²) in [7, 11) is 1.60. The SMILES string of the molecule is Cc1nc2c(OCc3c(Cl)ccc(N(C)C(=O)CNC(=O)[C@H]4CCCN4)c3Cl)cccn2c1Br. The van der Waals surface area contributed by atoms with Gasteiger partial charge in [0.1, 0.15) is 11.2 Å². The minimum Gasteiger partial charge on any atom is -0.485 e. The van der Waals surface area contributed by atoms with E-state index in [2.05, 4.69) is 31.5 Å². The van der Waals surface area contributed by atoms with E-state index in [-0.39, 0.29) is 31.0 Å². The number of ether oxygens (including phenoxy) is 1. The number of rotatable bonds is 7. The Balaban J connectivity index is 1.48. The number of anilines is 1. The molecule has 1 aliphatic rings. The Bertz CT molecular complexity index is 1240. The molecule has 0 spiro atoms. The van der Waals surface area contributed by atoms with Gasteiger partial charge in [0.05, 0.1) is 29.0 Å². The average Bonchev–Trinajstić information content (AvgIpc) is 3.46. The van der Waals surface area contributed by atoms with Crippen molar-refractivity contribution in [1.82, 2.24) is 20.0 Å². The standard InChI is InChI=1S/C23H24BrCl2N5O3/c1-13-21(24)31-10-4-6-18(22(31)29-13)34-12-14-15(25)7-8-17(20(14)26)30(2)19(32)11-28-23(33)16-5-3-9-27-16/h4,6-8,10,16,27H,3,5,9,11-12H2,1-2H3,(H,28,33)/t16-/m1/s1. The molecular formula is C23H24BrCl2N5O3. The summed E-state index contributed by atoms with van der Waals surface area (Å²) in [6.45, 7) is 2.66. The molecule has 8 nitrogen and oxygen atoms in total. The molecule has 34 heavy (non-hydrogen) atoms. The molecule has 0 unspecified atom stereocenters. The fourth-order valence-corrected chi connectivity index (χ4v) is 4.79. The van der Waals surface area contributed by atoms with Crippen molar-refractivity contribution in [2.75, 3.05) is 25.0 Å². The number of benzene rings is 1. The van der Waals surface area contributed by atoms with E-state index in [1.807, 2.05) is 29.7 Å². The second-order valence-corrected chi connectivity index (χ2v) is 9.56. The van der Waals surface area contributed by atoms with E-state index in [0.717, 1.165) is 29.7 Å². The number of imidazole rings is 1. The maximum absolute atomic E-state index is 12.7. The van der Waals surface area contributed by atoms with Crippen molar-refractivity contribution in [1.29, 1.82) is 0 Å². The summed E-state index contributed by atoms with van der Waals surface area (Å²) < 4.78 is 8.76. The second kappa shape index (κ2) is 10.5. The number of fused-ring (bicyclic) bond motifs is 1. The fourth-order valence-electron chi connectivity index (χ4n) is 3.81. The molecule has 0 radical (unpaired) electrons. The third-order valence-electron chi connectivity index (χ3n) is 5.78. The van der Waals surface area contributed by atoms with Crippen LogP contribution < -0.4 is 20.3 Å². The lowest BCUT2D eigenvalue weighted by Gasteiger charge is -2.22. The smallest absolute Gasteiger partial charge is 0.246 e. The molecule has 3 aromatic rings. The number of halogens is 3. The molecule has 0 bridgehead atoms. The molecule has 1 aliphatic heterocycles. The van der Waals surface area contributed by atoms with Crippen molar-refractivity contribution in [3.05, 3.63) is 56.4 Å². The lowest BCUT2D eigenvalue weighted by Crippen LogP contribution is -2.45. The Kier molecular flexibility index (Phi) is 7.67. The van der Waals surface area contributed by atoms with Crippen LogP contribution in [0.5, 0.6) is 5.75 Å². The molecule has 0 aliphatic carbocycles. The second-order valence-electron chi connectivity index (χ2n) is 8.02. The van der Waals surface area contributed by atoms with E-state index in [0.29, 0.717) is 32.7 Å². The van der Waals surface area contributed by atoms with Gasteiger partial charge in [0.15, 0.2) is 11.4 Å².